The molecule has 0 amide bonds. The third-order valence-electron chi connectivity index (χ3n) is 2.51. The van der Waals surface area contributed by atoms with Crippen LogP contribution in [0, 0.1) is 6.92 Å². The number of hydrogen-bond donors (Lipinski definition) is 0. The van der Waals surface area contributed by atoms with Gasteiger partial charge in [-0.1, -0.05) is 20.8 Å². The van der Waals surface area contributed by atoms with Crippen molar-refractivity contribution < 1.29 is 9.59 Å². The van der Waals surface area contributed by atoms with E-state index in [-0.39, 0.29) is 5.41 Å². The van der Waals surface area contributed by atoms with Crippen molar-refractivity contribution in [2.75, 3.05) is 0 Å². The molecule has 0 atom stereocenters. The Bertz CT molecular complexity index is 529. The number of hydrogen-bond acceptors (Lipinski definition) is 4. The van der Waals surface area contributed by atoms with Crippen LogP contribution in [0.3, 0.4) is 0 Å². The molecule has 0 saturated carbocycles. The van der Waals surface area contributed by atoms with Crippen LogP contribution in [0.25, 0.3) is 0 Å². The summed E-state index contributed by atoms with van der Waals surface area (Å²) < 4.78 is 0. The lowest BCUT2D eigenvalue weighted by molar-refractivity contribution is 0.565. The minimum absolute atomic E-state index is 0.119. The van der Waals surface area contributed by atoms with Gasteiger partial charge in [-0.25, -0.2) is 9.59 Å². The van der Waals surface area contributed by atoms with E-state index in [1.54, 1.807) is 6.07 Å². The molecule has 4 nitrogen and oxygen atoms in total. The van der Waals surface area contributed by atoms with E-state index in [1.165, 1.54) is 12.2 Å². The summed E-state index contributed by atoms with van der Waals surface area (Å²) >= 11 is 0. The van der Waals surface area contributed by atoms with Gasteiger partial charge in [-0.3, -0.25) is 0 Å². The van der Waals surface area contributed by atoms with Gasteiger partial charge in [0.1, 0.15) is 0 Å². The maximum Gasteiger partial charge on any atom is 0.240 e. The number of nitrogens with zero attached hydrogens (tertiary/aromatic N) is 2. The molecule has 0 aliphatic rings. The molecule has 0 bridgehead atoms. The van der Waals surface area contributed by atoms with Crippen LogP contribution >= 0.6 is 0 Å². The van der Waals surface area contributed by atoms with E-state index in [0.717, 1.165) is 11.1 Å². The molecule has 0 aliphatic carbocycles. The monoisotopic (exact) mass is 230 g/mol. The number of rotatable bonds is 2. The highest BCUT2D eigenvalue weighted by Gasteiger charge is 2.19. The first-order valence-electron chi connectivity index (χ1n) is 5.21. The van der Waals surface area contributed by atoms with Gasteiger partial charge in [0, 0.05) is 0 Å². The summed E-state index contributed by atoms with van der Waals surface area (Å²) in [5, 5.41) is 0. The first-order valence-corrected chi connectivity index (χ1v) is 5.21. The summed E-state index contributed by atoms with van der Waals surface area (Å²) in [4.78, 5) is 27.8. The predicted octanol–water partition coefficient (Wildman–Crippen LogP) is 3.23. The van der Waals surface area contributed by atoms with Gasteiger partial charge in [-0.15, -0.1) is 0 Å². The highest BCUT2D eigenvalue weighted by atomic mass is 16.1. The van der Waals surface area contributed by atoms with Gasteiger partial charge in [0.05, 0.1) is 11.4 Å². The molecule has 88 valence electrons. The normalized spacial score (nSPS) is 10.4. The van der Waals surface area contributed by atoms with Crippen LogP contribution in [0.15, 0.2) is 22.1 Å². The molecule has 4 heteroatoms. The Kier molecular flexibility index (Phi) is 3.74. The molecule has 0 heterocycles. The van der Waals surface area contributed by atoms with Gasteiger partial charge >= 0.3 is 0 Å². The lowest BCUT2D eigenvalue weighted by atomic mass is 9.83. The number of benzene rings is 1. The highest BCUT2D eigenvalue weighted by Crippen LogP contribution is 2.35. The lowest BCUT2D eigenvalue weighted by Crippen LogP contribution is -2.12. The molecule has 0 aromatic heterocycles. The van der Waals surface area contributed by atoms with Crippen LogP contribution in [0.4, 0.5) is 11.4 Å². The summed E-state index contributed by atoms with van der Waals surface area (Å²) in [6.45, 7) is 8.00. The SMILES string of the molecule is Cc1c(N=C=O)cc(N=C=O)cc1C(C)(C)C. The fourth-order valence-corrected chi connectivity index (χ4v) is 1.75. The van der Waals surface area contributed by atoms with E-state index in [1.807, 2.05) is 33.8 Å². The summed E-state index contributed by atoms with van der Waals surface area (Å²) in [5.74, 6) is 0. The first-order chi connectivity index (χ1) is 7.90. The molecular formula is C13H14N2O2. The fourth-order valence-electron chi connectivity index (χ4n) is 1.75. The minimum Gasteiger partial charge on any atom is -0.211 e. The van der Waals surface area contributed by atoms with Crippen molar-refractivity contribution in [3.8, 4) is 0 Å². The molecule has 0 unspecified atom stereocenters. The molecule has 0 fully saturated rings. The average molecular weight is 230 g/mol. The average Bonchev–Trinajstić information content (AvgIpc) is 2.21. The minimum atomic E-state index is -0.119. The molecule has 1 rings (SSSR count). The standard InChI is InChI=1S/C13H14N2O2/c1-9-11(13(2,3)4)5-10(14-7-16)6-12(9)15-8-17/h5-6H,1-4H3. The number of isocyanates is 2. The van der Waals surface area contributed by atoms with E-state index in [2.05, 4.69) is 9.98 Å². The Morgan fingerprint density at radius 2 is 1.65 bits per heavy atom. The molecule has 0 saturated heterocycles. The van der Waals surface area contributed by atoms with E-state index < -0.39 is 0 Å². The third-order valence-corrected chi connectivity index (χ3v) is 2.51. The largest absolute Gasteiger partial charge is 0.240 e. The summed E-state index contributed by atoms with van der Waals surface area (Å²) in [5.41, 5.74) is 2.70. The second-order valence-corrected chi connectivity index (χ2v) is 4.79. The van der Waals surface area contributed by atoms with Crippen LogP contribution in [-0.4, -0.2) is 12.2 Å². The lowest BCUT2D eigenvalue weighted by Gasteiger charge is -2.22. The molecule has 0 radical (unpaired) electrons. The number of carbonyl (C=O) groups excluding carboxylic acids is 2. The van der Waals surface area contributed by atoms with E-state index >= 15 is 0 Å². The van der Waals surface area contributed by atoms with Gasteiger partial charge in [0.15, 0.2) is 0 Å². The molecule has 1 aromatic carbocycles. The first kappa shape index (κ1) is 13.0. The Hall–Kier alpha value is -2.02. The second-order valence-electron chi connectivity index (χ2n) is 4.79. The van der Waals surface area contributed by atoms with Crippen molar-refractivity contribution in [2.45, 2.75) is 33.1 Å². The predicted molar refractivity (Wildman–Crippen MR) is 65.4 cm³/mol. The summed E-state index contributed by atoms with van der Waals surface area (Å²) in [6.07, 6.45) is 2.99. The molecule has 17 heavy (non-hydrogen) atoms. The molecule has 0 N–H and O–H groups in total. The van der Waals surface area contributed by atoms with Crippen molar-refractivity contribution in [3.63, 3.8) is 0 Å². The zero-order chi connectivity index (χ0) is 13.1. The maximum absolute atomic E-state index is 10.4. The van der Waals surface area contributed by atoms with Gasteiger partial charge < -0.3 is 0 Å². The van der Waals surface area contributed by atoms with Crippen LogP contribution in [0.5, 0.6) is 0 Å². The van der Waals surface area contributed by atoms with Crippen LogP contribution in [0.1, 0.15) is 31.9 Å². The van der Waals surface area contributed by atoms with Crippen molar-refractivity contribution in [2.24, 2.45) is 9.98 Å². The Morgan fingerprint density at radius 3 is 2.12 bits per heavy atom. The second kappa shape index (κ2) is 4.88. The van der Waals surface area contributed by atoms with Crippen LogP contribution < -0.4 is 0 Å². The van der Waals surface area contributed by atoms with Gasteiger partial charge in [0.2, 0.25) is 12.2 Å². The zero-order valence-corrected chi connectivity index (χ0v) is 10.4. The molecule has 0 aliphatic heterocycles. The van der Waals surface area contributed by atoms with Crippen molar-refractivity contribution in [3.05, 3.63) is 23.3 Å². The van der Waals surface area contributed by atoms with E-state index in [0.29, 0.717) is 11.4 Å². The van der Waals surface area contributed by atoms with Gasteiger partial charge in [-0.05, 0) is 35.6 Å². The van der Waals surface area contributed by atoms with Crippen molar-refractivity contribution in [1.29, 1.82) is 0 Å². The topological polar surface area (TPSA) is 58.9 Å². The summed E-state index contributed by atoms with van der Waals surface area (Å²) in [6, 6.07) is 3.38. The van der Waals surface area contributed by atoms with Gasteiger partial charge in [0.25, 0.3) is 0 Å². The van der Waals surface area contributed by atoms with Crippen molar-refractivity contribution in [1.82, 2.24) is 0 Å². The highest BCUT2D eigenvalue weighted by molar-refractivity contribution is 5.65. The zero-order valence-electron chi connectivity index (χ0n) is 10.4. The van der Waals surface area contributed by atoms with Crippen LogP contribution in [0.2, 0.25) is 0 Å². The van der Waals surface area contributed by atoms with Crippen LogP contribution in [-0.2, 0) is 15.0 Å². The smallest absolute Gasteiger partial charge is 0.211 e. The molecule has 1 aromatic rings. The quantitative estimate of drug-likeness (QED) is 0.578. The summed E-state index contributed by atoms with van der Waals surface area (Å²) in [7, 11) is 0. The molecular weight excluding hydrogens is 216 g/mol. The Labute approximate surface area is 100 Å². The third kappa shape index (κ3) is 2.97. The Morgan fingerprint density at radius 1 is 1.06 bits per heavy atom. The van der Waals surface area contributed by atoms with Crippen molar-refractivity contribution >= 4 is 23.5 Å². The fraction of sp³-hybridized carbons (Fsp3) is 0.385. The Balaban J connectivity index is 3.59. The van der Waals surface area contributed by atoms with E-state index in [9.17, 15) is 9.59 Å². The van der Waals surface area contributed by atoms with Gasteiger partial charge in [-0.2, -0.15) is 9.98 Å². The maximum atomic E-state index is 10.4. The van der Waals surface area contributed by atoms with E-state index in [4.69, 9.17) is 0 Å². The number of aliphatic imine (C=N–C) groups is 2. The molecule has 0 spiro atoms.